The van der Waals surface area contributed by atoms with Crippen molar-refractivity contribution in [1.82, 2.24) is 10.6 Å². The number of nitrogens with one attached hydrogen (secondary N) is 2. The van der Waals surface area contributed by atoms with Crippen LogP contribution in [0.15, 0.2) is 22.8 Å². The number of hydrogen-bond acceptors (Lipinski definition) is 7. The number of ether oxygens (including phenoxy) is 3. The van der Waals surface area contributed by atoms with Crippen molar-refractivity contribution in [2.24, 2.45) is 0 Å². The second-order valence-electron chi connectivity index (χ2n) is 5.33. The summed E-state index contributed by atoms with van der Waals surface area (Å²) >= 11 is 0. The largest absolute Gasteiger partial charge is 0.468 e. The third-order valence-electron chi connectivity index (χ3n) is 3.94. The van der Waals surface area contributed by atoms with Crippen molar-refractivity contribution >= 4 is 0 Å². The van der Waals surface area contributed by atoms with Crippen LogP contribution in [0, 0.1) is 0 Å². The van der Waals surface area contributed by atoms with Crippen LogP contribution in [-0.4, -0.2) is 62.6 Å². The second kappa shape index (κ2) is 6.87. The molecule has 0 aliphatic carbocycles. The fraction of sp³-hybridized carbons (Fsp3) is 0.714. The molecule has 7 heteroatoms. The zero-order valence-electron chi connectivity index (χ0n) is 12.0. The molecule has 2 saturated heterocycles. The molecule has 21 heavy (non-hydrogen) atoms. The van der Waals surface area contributed by atoms with Gasteiger partial charge in [-0.05, 0) is 12.1 Å². The maximum absolute atomic E-state index is 10.6. The number of hydrogen-bond donors (Lipinski definition) is 3. The van der Waals surface area contributed by atoms with Gasteiger partial charge in [0.05, 0.1) is 44.2 Å². The average Bonchev–Trinajstić information content (AvgIpc) is 3.13. The first-order valence-electron chi connectivity index (χ1n) is 7.23. The van der Waals surface area contributed by atoms with Crippen LogP contribution in [0.2, 0.25) is 0 Å². The summed E-state index contributed by atoms with van der Waals surface area (Å²) in [5.74, 6) is 0.826. The molecule has 2 bridgehead atoms. The van der Waals surface area contributed by atoms with E-state index in [9.17, 15) is 5.11 Å². The van der Waals surface area contributed by atoms with Gasteiger partial charge in [-0.25, -0.2) is 0 Å². The number of aliphatic hydroxyl groups excluding tert-OH is 1. The van der Waals surface area contributed by atoms with Gasteiger partial charge in [-0.2, -0.15) is 0 Å². The average molecular weight is 298 g/mol. The van der Waals surface area contributed by atoms with Crippen molar-refractivity contribution in [2.45, 2.75) is 37.1 Å². The standard InChI is InChI=1S/C14H22N2O5/c1-18-6-4-15-12-13(17)11(10-8-20-14(12)21-10)16-7-9-3-2-5-19-9/h2-3,5,10-17H,4,6-8H2,1H3. The number of aliphatic hydroxyl groups is 1. The lowest BCUT2D eigenvalue weighted by Gasteiger charge is -2.39. The van der Waals surface area contributed by atoms with Crippen LogP contribution in [0.1, 0.15) is 5.76 Å². The Kier molecular flexibility index (Phi) is 4.89. The van der Waals surface area contributed by atoms with Gasteiger partial charge < -0.3 is 34.4 Å². The molecular weight excluding hydrogens is 276 g/mol. The second-order valence-corrected chi connectivity index (χ2v) is 5.33. The van der Waals surface area contributed by atoms with Crippen LogP contribution in [0.4, 0.5) is 0 Å². The summed E-state index contributed by atoms with van der Waals surface area (Å²) in [5.41, 5.74) is 0. The Morgan fingerprint density at radius 2 is 2.29 bits per heavy atom. The molecule has 7 nitrogen and oxygen atoms in total. The minimum Gasteiger partial charge on any atom is -0.468 e. The molecule has 3 heterocycles. The highest BCUT2D eigenvalue weighted by Gasteiger charge is 2.49. The van der Waals surface area contributed by atoms with E-state index in [2.05, 4.69) is 10.6 Å². The Morgan fingerprint density at radius 3 is 3.05 bits per heavy atom. The third-order valence-corrected chi connectivity index (χ3v) is 3.94. The zero-order chi connectivity index (χ0) is 14.7. The van der Waals surface area contributed by atoms with Gasteiger partial charge >= 0.3 is 0 Å². The molecule has 0 spiro atoms. The van der Waals surface area contributed by atoms with Crippen molar-refractivity contribution < 1.29 is 23.7 Å². The predicted octanol–water partition coefficient (Wildman–Crippen LogP) is -0.542. The first kappa shape index (κ1) is 15.0. The Bertz CT molecular complexity index is 427. The first-order chi connectivity index (χ1) is 10.3. The molecule has 0 aromatic carbocycles. The number of fused-ring (bicyclic) bond motifs is 2. The van der Waals surface area contributed by atoms with E-state index < -0.39 is 12.4 Å². The summed E-state index contributed by atoms with van der Waals surface area (Å²) in [6.45, 7) is 2.24. The van der Waals surface area contributed by atoms with Gasteiger partial charge in [-0.15, -0.1) is 0 Å². The van der Waals surface area contributed by atoms with Crippen LogP contribution >= 0.6 is 0 Å². The van der Waals surface area contributed by atoms with Crippen molar-refractivity contribution in [3.05, 3.63) is 24.2 Å². The van der Waals surface area contributed by atoms with E-state index in [1.54, 1.807) is 13.4 Å². The maximum Gasteiger partial charge on any atom is 0.176 e. The molecule has 5 unspecified atom stereocenters. The van der Waals surface area contributed by atoms with Crippen molar-refractivity contribution in [3.8, 4) is 0 Å². The SMILES string of the molecule is COCCNC1C2OCC(O2)C(NCc2ccco2)C1O. The summed E-state index contributed by atoms with van der Waals surface area (Å²) < 4.78 is 21.7. The monoisotopic (exact) mass is 298 g/mol. The normalized spacial score (nSPS) is 35.2. The molecule has 1 aromatic heterocycles. The summed E-state index contributed by atoms with van der Waals surface area (Å²) in [6, 6.07) is 3.27. The Hall–Kier alpha value is -0.960. The summed E-state index contributed by atoms with van der Waals surface area (Å²) in [7, 11) is 1.64. The summed E-state index contributed by atoms with van der Waals surface area (Å²) in [6.07, 6.45) is 0.501. The smallest absolute Gasteiger partial charge is 0.176 e. The van der Waals surface area contributed by atoms with Crippen molar-refractivity contribution in [1.29, 1.82) is 0 Å². The lowest BCUT2D eigenvalue weighted by Crippen LogP contribution is -2.63. The Balaban J connectivity index is 1.59. The Morgan fingerprint density at radius 1 is 1.38 bits per heavy atom. The van der Waals surface area contributed by atoms with E-state index in [0.717, 1.165) is 5.76 Å². The first-order valence-corrected chi connectivity index (χ1v) is 7.23. The highest BCUT2D eigenvalue weighted by Crippen LogP contribution is 2.28. The van der Waals surface area contributed by atoms with E-state index in [-0.39, 0.29) is 18.2 Å². The molecule has 118 valence electrons. The highest BCUT2D eigenvalue weighted by molar-refractivity contribution is 5.03. The van der Waals surface area contributed by atoms with Gasteiger partial charge in [0.1, 0.15) is 11.9 Å². The number of furan rings is 1. The van der Waals surface area contributed by atoms with E-state index >= 15 is 0 Å². The van der Waals surface area contributed by atoms with Crippen LogP contribution in [0.3, 0.4) is 0 Å². The molecule has 3 rings (SSSR count). The summed E-state index contributed by atoms with van der Waals surface area (Å²) in [4.78, 5) is 0. The van der Waals surface area contributed by atoms with Crippen LogP contribution < -0.4 is 10.6 Å². The minimum absolute atomic E-state index is 0.138. The molecule has 5 atom stereocenters. The van der Waals surface area contributed by atoms with E-state index in [1.165, 1.54) is 0 Å². The van der Waals surface area contributed by atoms with Crippen molar-refractivity contribution in [3.63, 3.8) is 0 Å². The number of rotatable bonds is 7. The fourth-order valence-corrected chi connectivity index (χ4v) is 2.85. The summed E-state index contributed by atoms with van der Waals surface area (Å²) in [5, 5.41) is 17.1. The maximum atomic E-state index is 10.6. The molecule has 0 amide bonds. The van der Waals surface area contributed by atoms with Gasteiger partial charge in [0.2, 0.25) is 0 Å². The number of methoxy groups -OCH3 is 1. The van der Waals surface area contributed by atoms with Crippen LogP contribution in [0.5, 0.6) is 0 Å². The molecule has 2 fully saturated rings. The van der Waals surface area contributed by atoms with Gasteiger partial charge in [0, 0.05) is 13.7 Å². The molecule has 2 aliphatic heterocycles. The predicted molar refractivity (Wildman–Crippen MR) is 73.6 cm³/mol. The van der Waals surface area contributed by atoms with E-state index in [0.29, 0.717) is 26.3 Å². The zero-order valence-corrected chi connectivity index (χ0v) is 12.0. The molecule has 0 radical (unpaired) electrons. The third kappa shape index (κ3) is 3.28. The van der Waals surface area contributed by atoms with Gasteiger partial charge in [-0.3, -0.25) is 0 Å². The molecular formula is C14H22N2O5. The molecule has 2 aliphatic rings. The van der Waals surface area contributed by atoms with E-state index in [4.69, 9.17) is 18.6 Å². The lowest BCUT2D eigenvalue weighted by atomic mass is 9.96. The highest BCUT2D eigenvalue weighted by atomic mass is 16.7. The molecule has 0 saturated carbocycles. The minimum atomic E-state index is -0.594. The van der Waals surface area contributed by atoms with Gasteiger partial charge in [-0.1, -0.05) is 0 Å². The van der Waals surface area contributed by atoms with Gasteiger partial charge in [0.25, 0.3) is 0 Å². The van der Waals surface area contributed by atoms with Crippen LogP contribution in [0.25, 0.3) is 0 Å². The molecule has 3 N–H and O–H groups in total. The van der Waals surface area contributed by atoms with Gasteiger partial charge in [0.15, 0.2) is 6.29 Å². The Labute approximate surface area is 123 Å². The quantitative estimate of drug-likeness (QED) is 0.583. The van der Waals surface area contributed by atoms with E-state index in [1.807, 2.05) is 12.1 Å². The van der Waals surface area contributed by atoms with Crippen LogP contribution in [-0.2, 0) is 20.8 Å². The van der Waals surface area contributed by atoms with Crippen molar-refractivity contribution in [2.75, 3.05) is 26.9 Å². The topological polar surface area (TPSA) is 85.1 Å². The fourth-order valence-electron chi connectivity index (χ4n) is 2.85. The lowest BCUT2D eigenvalue weighted by molar-refractivity contribution is -0.153. The molecule has 1 aromatic rings.